The topological polar surface area (TPSA) is 83.8 Å². The lowest BCUT2D eigenvalue weighted by Gasteiger charge is -2.05. The van der Waals surface area contributed by atoms with Crippen molar-refractivity contribution in [1.82, 2.24) is 0 Å². The molecular formula is C8H10O5S. The van der Waals surface area contributed by atoms with E-state index < -0.39 is 15.9 Å². The summed E-state index contributed by atoms with van der Waals surface area (Å²) in [7, 11) is -3.92. The molecule has 0 amide bonds. The van der Waals surface area contributed by atoms with E-state index in [4.69, 9.17) is 5.11 Å². The fraction of sp³-hybridized carbons (Fsp3) is 0.250. The molecule has 14 heavy (non-hydrogen) atoms. The van der Waals surface area contributed by atoms with Crippen LogP contribution in [0, 0.1) is 0 Å². The van der Waals surface area contributed by atoms with E-state index in [9.17, 15) is 13.5 Å². The Hall–Kier alpha value is -1.27. The molecular weight excluding hydrogens is 208 g/mol. The zero-order chi connectivity index (χ0) is 10.8. The van der Waals surface area contributed by atoms with Crippen molar-refractivity contribution in [2.45, 2.75) is 11.8 Å². The van der Waals surface area contributed by atoms with Crippen LogP contribution in [0.4, 0.5) is 0 Å². The lowest BCUT2D eigenvalue weighted by molar-refractivity contribution is 0.334. The summed E-state index contributed by atoms with van der Waals surface area (Å²) in [5.41, 5.74) is 0. The molecule has 6 heteroatoms. The molecule has 0 aliphatic carbocycles. The molecule has 0 heterocycles. The average Bonchev–Trinajstić information content (AvgIpc) is 2.02. The normalized spacial score (nSPS) is 11.5. The Kier molecular flexibility index (Phi) is 2.97. The van der Waals surface area contributed by atoms with Gasteiger partial charge >= 0.3 is 10.1 Å². The summed E-state index contributed by atoms with van der Waals surface area (Å²) in [5.74, 6) is -0.739. The van der Waals surface area contributed by atoms with E-state index in [0.717, 1.165) is 18.2 Å². The van der Waals surface area contributed by atoms with Gasteiger partial charge in [-0.2, -0.15) is 8.42 Å². The Bertz CT molecular complexity index is 423. The second-order valence-corrected chi connectivity index (χ2v) is 4.10. The second kappa shape index (κ2) is 3.85. The fourth-order valence-corrected chi connectivity index (χ4v) is 1.92. The molecule has 1 aromatic carbocycles. The largest absolute Gasteiger partial charge is 0.508 e. The quantitative estimate of drug-likeness (QED) is 0.734. The Labute approximate surface area is 81.7 Å². The van der Waals surface area contributed by atoms with Crippen LogP contribution >= 0.6 is 0 Å². The SMILES string of the molecule is CCOS(=O)(=O)c1ccc(O)cc1O. The Morgan fingerprint density at radius 1 is 1.36 bits per heavy atom. The fourth-order valence-electron chi connectivity index (χ4n) is 0.936. The molecule has 78 valence electrons. The van der Waals surface area contributed by atoms with Crippen molar-refractivity contribution in [3.8, 4) is 11.5 Å². The van der Waals surface area contributed by atoms with Crippen molar-refractivity contribution < 1.29 is 22.8 Å². The van der Waals surface area contributed by atoms with Crippen LogP contribution in [0.3, 0.4) is 0 Å². The third kappa shape index (κ3) is 2.15. The molecule has 0 atom stereocenters. The van der Waals surface area contributed by atoms with E-state index >= 15 is 0 Å². The maximum absolute atomic E-state index is 11.3. The number of hydrogen-bond donors (Lipinski definition) is 2. The van der Waals surface area contributed by atoms with Gasteiger partial charge in [-0.05, 0) is 19.1 Å². The lowest BCUT2D eigenvalue weighted by Crippen LogP contribution is -2.05. The molecule has 0 saturated heterocycles. The van der Waals surface area contributed by atoms with Crippen molar-refractivity contribution >= 4 is 10.1 Å². The molecule has 0 bridgehead atoms. The van der Waals surface area contributed by atoms with Crippen LogP contribution in [-0.2, 0) is 14.3 Å². The summed E-state index contributed by atoms with van der Waals surface area (Å²) < 4.78 is 27.1. The predicted molar refractivity (Wildman–Crippen MR) is 48.6 cm³/mol. The standard InChI is InChI=1S/C8H10O5S/c1-2-13-14(11,12)8-4-3-6(9)5-7(8)10/h3-5,9-10H,2H2,1H3. The van der Waals surface area contributed by atoms with Crippen molar-refractivity contribution in [2.75, 3.05) is 6.61 Å². The smallest absolute Gasteiger partial charge is 0.300 e. The molecule has 0 aliphatic heterocycles. The highest BCUT2D eigenvalue weighted by Gasteiger charge is 2.18. The first-order chi connectivity index (χ1) is 6.47. The number of aromatic hydroxyl groups is 2. The predicted octanol–water partition coefficient (Wildman–Crippen LogP) is 0.823. The number of phenols is 2. The van der Waals surface area contributed by atoms with Gasteiger partial charge in [0.15, 0.2) is 0 Å². The van der Waals surface area contributed by atoms with E-state index in [1.165, 1.54) is 6.92 Å². The van der Waals surface area contributed by atoms with E-state index in [1.54, 1.807) is 0 Å². The number of benzene rings is 1. The highest BCUT2D eigenvalue weighted by atomic mass is 32.2. The average molecular weight is 218 g/mol. The van der Waals surface area contributed by atoms with Crippen LogP contribution < -0.4 is 0 Å². The van der Waals surface area contributed by atoms with Gasteiger partial charge in [0.25, 0.3) is 0 Å². The van der Waals surface area contributed by atoms with Crippen molar-refractivity contribution in [3.05, 3.63) is 18.2 Å². The number of phenolic OH excluding ortho intramolecular Hbond substituents is 2. The van der Waals surface area contributed by atoms with Crippen molar-refractivity contribution in [3.63, 3.8) is 0 Å². The van der Waals surface area contributed by atoms with Gasteiger partial charge in [0.1, 0.15) is 16.4 Å². The minimum absolute atomic E-state index is 0.0113. The summed E-state index contributed by atoms with van der Waals surface area (Å²) in [6, 6.07) is 3.17. The Morgan fingerprint density at radius 3 is 2.50 bits per heavy atom. The molecule has 0 aliphatic rings. The molecule has 5 nitrogen and oxygen atoms in total. The summed E-state index contributed by atoms with van der Waals surface area (Å²) in [6.45, 7) is 1.51. The molecule has 1 rings (SSSR count). The maximum atomic E-state index is 11.3. The minimum atomic E-state index is -3.92. The van der Waals surface area contributed by atoms with Crippen LogP contribution in [0.15, 0.2) is 23.1 Å². The number of rotatable bonds is 3. The third-order valence-electron chi connectivity index (χ3n) is 1.48. The molecule has 0 aromatic heterocycles. The van der Waals surface area contributed by atoms with E-state index in [0.29, 0.717) is 0 Å². The first-order valence-corrected chi connectivity index (χ1v) is 5.29. The van der Waals surface area contributed by atoms with E-state index in [-0.39, 0.29) is 17.3 Å². The third-order valence-corrected chi connectivity index (χ3v) is 2.91. The van der Waals surface area contributed by atoms with Crippen LogP contribution in [-0.4, -0.2) is 25.2 Å². The second-order valence-electron chi connectivity index (χ2n) is 2.51. The van der Waals surface area contributed by atoms with Crippen LogP contribution in [0.1, 0.15) is 6.92 Å². The molecule has 0 fully saturated rings. The molecule has 0 unspecified atom stereocenters. The van der Waals surface area contributed by atoms with E-state index in [2.05, 4.69) is 4.18 Å². The molecule has 2 N–H and O–H groups in total. The van der Waals surface area contributed by atoms with Gasteiger partial charge in [0.2, 0.25) is 0 Å². The lowest BCUT2D eigenvalue weighted by atomic mass is 10.3. The molecule has 0 saturated carbocycles. The van der Waals surface area contributed by atoms with Crippen LogP contribution in [0.25, 0.3) is 0 Å². The van der Waals surface area contributed by atoms with Gasteiger partial charge in [-0.1, -0.05) is 0 Å². The Balaban J connectivity index is 3.20. The first kappa shape index (κ1) is 10.8. The van der Waals surface area contributed by atoms with Gasteiger partial charge in [0, 0.05) is 6.07 Å². The van der Waals surface area contributed by atoms with Crippen molar-refractivity contribution in [2.24, 2.45) is 0 Å². The highest BCUT2D eigenvalue weighted by Crippen LogP contribution is 2.27. The summed E-state index contributed by atoms with van der Waals surface area (Å²) in [4.78, 5) is -0.350. The zero-order valence-electron chi connectivity index (χ0n) is 7.47. The monoisotopic (exact) mass is 218 g/mol. The zero-order valence-corrected chi connectivity index (χ0v) is 8.28. The first-order valence-electron chi connectivity index (χ1n) is 3.89. The van der Waals surface area contributed by atoms with Crippen LogP contribution in [0.2, 0.25) is 0 Å². The summed E-state index contributed by atoms with van der Waals surface area (Å²) in [6.07, 6.45) is 0. The van der Waals surface area contributed by atoms with Gasteiger partial charge in [0.05, 0.1) is 6.61 Å². The summed E-state index contributed by atoms with van der Waals surface area (Å²) >= 11 is 0. The van der Waals surface area contributed by atoms with Gasteiger partial charge in [-0.15, -0.1) is 0 Å². The molecule has 1 aromatic rings. The van der Waals surface area contributed by atoms with Gasteiger partial charge < -0.3 is 10.2 Å². The maximum Gasteiger partial charge on any atom is 0.300 e. The van der Waals surface area contributed by atoms with Crippen molar-refractivity contribution in [1.29, 1.82) is 0 Å². The highest BCUT2D eigenvalue weighted by molar-refractivity contribution is 7.86. The summed E-state index contributed by atoms with van der Waals surface area (Å²) in [5, 5.41) is 18.2. The van der Waals surface area contributed by atoms with Gasteiger partial charge in [-0.3, -0.25) is 4.18 Å². The van der Waals surface area contributed by atoms with Gasteiger partial charge in [-0.25, -0.2) is 0 Å². The number of hydrogen-bond acceptors (Lipinski definition) is 5. The van der Waals surface area contributed by atoms with E-state index in [1.807, 2.05) is 0 Å². The molecule has 0 radical (unpaired) electrons. The molecule has 0 spiro atoms. The Morgan fingerprint density at radius 2 is 2.00 bits per heavy atom. The van der Waals surface area contributed by atoms with Crippen LogP contribution in [0.5, 0.6) is 11.5 Å². The minimum Gasteiger partial charge on any atom is -0.508 e.